The molecule has 0 spiro atoms. The van der Waals surface area contributed by atoms with E-state index in [0.29, 0.717) is 10.7 Å². The predicted molar refractivity (Wildman–Crippen MR) is 83.4 cm³/mol. The summed E-state index contributed by atoms with van der Waals surface area (Å²) < 4.78 is 6.51. The second kappa shape index (κ2) is 7.45. The highest BCUT2D eigenvalue weighted by Crippen LogP contribution is 2.19. The first kappa shape index (κ1) is 16.5. The largest absolute Gasteiger partial charge is 0.452 e. The topological polar surface area (TPSA) is 64.4 Å². The van der Waals surface area contributed by atoms with Gasteiger partial charge in [0.1, 0.15) is 5.15 Å². The van der Waals surface area contributed by atoms with E-state index < -0.39 is 5.97 Å². The molecule has 22 heavy (non-hydrogen) atoms. The van der Waals surface area contributed by atoms with Gasteiger partial charge in [-0.05, 0) is 32.3 Å². The molecule has 1 aromatic heterocycles. The van der Waals surface area contributed by atoms with Crippen molar-refractivity contribution in [2.24, 2.45) is 7.05 Å². The van der Waals surface area contributed by atoms with Gasteiger partial charge in [0.2, 0.25) is 0 Å². The lowest BCUT2D eigenvalue weighted by atomic mass is 10.1. The van der Waals surface area contributed by atoms with Gasteiger partial charge in [0.05, 0.1) is 5.69 Å². The highest BCUT2D eigenvalue weighted by atomic mass is 35.5. The lowest BCUT2D eigenvalue weighted by Crippen LogP contribution is -2.38. The molecule has 0 saturated carbocycles. The van der Waals surface area contributed by atoms with Gasteiger partial charge in [0.15, 0.2) is 6.61 Å². The molecule has 0 atom stereocenters. The van der Waals surface area contributed by atoms with E-state index in [2.05, 4.69) is 5.10 Å². The minimum atomic E-state index is -0.565. The minimum absolute atomic E-state index is 0.142. The van der Waals surface area contributed by atoms with E-state index in [1.165, 1.54) is 10.8 Å². The quantitative estimate of drug-likeness (QED) is 0.627. The number of halogens is 1. The highest BCUT2D eigenvalue weighted by Gasteiger charge is 2.17. The van der Waals surface area contributed by atoms with Crippen LogP contribution in [0, 0.1) is 6.92 Å². The van der Waals surface area contributed by atoms with Gasteiger partial charge in [-0.15, -0.1) is 0 Å². The summed E-state index contributed by atoms with van der Waals surface area (Å²) in [6, 6.07) is 0. The molecule has 6 nitrogen and oxygen atoms in total. The standard InChI is InChI=1S/C15H20ClN3O3/c1-11-12(15(16)18(2)17-11)6-7-14(21)22-10-13(20)19-8-4-3-5-9-19/h6-7H,3-5,8-10H2,1-2H3/b7-6+. The number of aromatic nitrogens is 2. The van der Waals surface area contributed by atoms with Gasteiger partial charge in [0, 0.05) is 31.8 Å². The minimum Gasteiger partial charge on any atom is -0.452 e. The monoisotopic (exact) mass is 325 g/mol. The third kappa shape index (κ3) is 4.10. The molecule has 0 bridgehead atoms. The second-order valence-electron chi connectivity index (χ2n) is 5.30. The zero-order valence-electron chi connectivity index (χ0n) is 12.8. The van der Waals surface area contributed by atoms with Gasteiger partial charge in [-0.2, -0.15) is 5.10 Å². The van der Waals surface area contributed by atoms with Crippen LogP contribution in [0.1, 0.15) is 30.5 Å². The fourth-order valence-electron chi connectivity index (χ4n) is 2.40. The number of nitrogens with zero attached hydrogens (tertiary/aromatic N) is 3. The SMILES string of the molecule is Cc1nn(C)c(Cl)c1/C=C/C(=O)OCC(=O)N1CCCCC1. The molecule has 0 aromatic carbocycles. The summed E-state index contributed by atoms with van der Waals surface area (Å²) in [5.41, 5.74) is 1.39. The van der Waals surface area contributed by atoms with Gasteiger partial charge in [-0.25, -0.2) is 4.79 Å². The predicted octanol–water partition coefficient (Wildman–Crippen LogP) is 1.95. The summed E-state index contributed by atoms with van der Waals surface area (Å²) in [4.78, 5) is 25.3. The summed E-state index contributed by atoms with van der Waals surface area (Å²) >= 11 is 6.06. The molecule has 1 aliphatic heterocycles. The number of ether oxygens (including phenoxy) is 1. The normalized spacial score (nSPS) is 15.3. The van der Waals surface area contributed by atoms with Crippen LogP contribution in [0.4, 0.5) is 0 Å². The van der Waals surface area contributed by atoms with E-state index in [1.54, 1.807) is 24.9 Å². The summed E-state index contributed by atoms with van der Waals surface area (Å²) in [6.07, 6.45) is 5.99. The summed E-state index contributed by atoms with van der Waals surface area (Å²) in [5, 5.41) is 4.59. The van der Waals surface area contributed by atoms with Crippen LogP contribution in [0.25, 0.3) is 6.08 Å². The summed E-state index contributed by atoms with van der Waals surface area (Å²) in [7, 11) is 1.72. The molecular weight excluding hydrogens is 306 g/mol. The van der Waals surface area contributed by atoms with Gasteiger partial charge in [-0.1, -0.05) is 11.6 Å². The van der Waals surface area contributed by atoms with Crippen molar-refractivity contribution in [1.29, 1.82) is 0 Å². The van der Waals surface area contributed by atoms with Crippen molar-refractivity contribution >= 4 is 29.6 Å². The number of hydrogen-bond acceptors (Lipinski definition) is 4. The molecular formula is C15H20ClN3O3. The van der Waals surface area contributed by atoms with Crippen LogP contribution in [0.2, 0.25) is 5.15 Å². The van der Waals surface area contributed by atoms with Crippen LogP contribution >= 0.6 is 11.6 Å². The van der Waals surface area contributed by atoms with Gasteiger partial charge >= 0.3 is 5.97 Å². The number of amides is 1. The Balaban J connectivity index is 1.84. The first-order chi connectivity index (χ1) is 10.5. The first-order valence-corrected chi connectivity index (χ1v) is 7.68. The molecule has 1 aromatic rings. The first-order valence-electron chi connectivity index (χ1n) is 7.30. The highest BCUT2D eigenvalue weighted by molar-refractivity contribution is 6.31. The van der Waals surface area contributed by atoms with Crippen LogP contribution in [-0.2, 0) is 21.4 Å². The molecule has 0 N–H and O–H groups in total. The molecule has 2 heterocycles. The van der Waals surface area contributed by atoms with Crippen molar-refractivity contribution in [3.63, 3.8) is 0 Å². The number of rotatable bonds is 4. The Hall–Kier alpha value is -1.82. The van der Waals surface area contributed by atoms with E-state index in [4.69, 9.17) is 16.3 Å². The third-order valence-corrected chi connectivity index (χ3v) is 4.08. The fraction of sp³-hybridized carbons (Fsp3) is 0.533. The molecule has 0 radical (unpaired) electrons. The van der Waals surface area contributed by atoms with Crippen LogP contribution in [0.15, 0.2) is 6.08 Å². The molecule has 0 aliphatic carbocycles. The summed E-state index contributed by atoms with van der Waals surface area (Å²) in [6.45, 7) is 3.08. The molecule has 1 aliphatic rings. The number of piperidine rings is 1. The Bertz CT molecular complexity index is 589. The summed E-state index contributed by atoms with van der Waals surface area (Å²) in [5.74, 6) is -0.707. The van der Waals surface area contributed by atoms with Crippen LogP contribution in [0.5, 0.6) is 0 Å². The Morgan fingerprint density at radius 1 is 1.32 bits per heavy atom. The fourth-order valence-corrected chi connectivity index (χ4v) is 2.64. The molecule has 2 rings (SSSR count). The van der Waals surface area contributed by atoms with Crippen molar-refractivity contribution < 1.29 is 14.3 Å². The zero-order chi connectivity index (χ0) is 16.1. The van der Waals surface area contributed by atoms with Crippen molar-refractivity contribution in [3.8, 4) is 0 Å². The number of esters is 1. The van der Waals surface area contributed by atoms with E-state index in [-0.39, 0.29) is 12.5 Å². The van der Waals surface area contributed by atoms with E-state index in [1.807, 2.05) is 0 Å². The Kier molecular flexibility index (Phi) is 5.60. The number of carbonyl (C=O) groups excluding carboxylic acids is 2. The smallest absolute Gasteiger partial charge is 0.331 e. The maximum Gasteiger partial charge on any atom is 0.331 e. The average molecular weight is 326 g/mol. The second-order valence-corrected chi connectivity index (χ2v) is 5.65. The van der Waals surface area contributed by atoms with Crippen molar-refractivity contribution in [3.05, 3.63) is 22.5 Å². The van der Waals surface area contributed by atoms with E-state index in [9.17, 15) is 9.59 Å². The van der Waals surface area contributed by atoms with Crippen molar-refractivity contribution in [2.75, 3.05) is 19.7 Å². The van der Waals surface area contributed by atoms with Crippen LogP contribution in [-0.4, -0.2) is 46.3 Å². The molecule has 0 unspecified atom stereocenters. The maximum atomic E-state index is 11.9. The third-order valence-electron chi connectivity index (χ3n) is 3.63. The number of aryl methyl sites for hydroxylation is 2. The molecule has 1 amide bonds. The Labute approximate surface area is 134 Å². The number of likely N-dealkylation sites (tertiary alicyclic amines) is 1. The lowest BCUT2D eigenvalue weighted by molar-refractivity contribution is -0.148. The zero-order valence-corrected chi connectivity index (χ0v) is 13.6. The van der Waals surface area contributed by atoms with Crippen molar-refractivity contribution in [1.82, 2.24) is 14.7 Å². The maximum absolute atomic E-state index is 11.9. The van der Waals surface area contributed by atoms with Gasteiger partial charge < -0.3 is 9.64 Å². The molecule has 1 saturated heterocycles. The van der Waals surface area contributed by atoms with Gasteiger partial charge in [0.25, 0.3) is 5.91 Å². The average Bonchev–Trinajstić information content (AvgIpc) is 2.76. The van der Waals surface area contributed by atoms with Gasteiger partial charge in [-0.3, -0.25) is 9.48 Å². The van der Waals surface area contributed by atoms with E-state index in [0.717, 1.165) is 38.0 Å². The Morgan fingerprint density at radius 2 is 2.00 bits per heavy atom. The van der Waals surface area contributed by atoms with Crippen molar-refractivity contribution in [2.45, 2.75) is 26.2 Å². The number of hydrogen-bond donors (Lipinski definition) is 0. The van der Waals surface area contributed by atoms with Crippen LogP contribution in [0.3, 0.4) is 0 Å². The molecule has 7 heteroatoms. The molecule has 1 fully saturated rings. The van der Waals surface area contributed by atoms with E-state index >= 15 is 0 Å². The Morgan fingerprint density at radius 3 is 2.59 bits per heavy atom. The van der Waals surface area contributed by atoms with Crippen LogP contribution < -0.4 is 0 Å². The molecule has 120 valence electrons. The lowest BCUT2D eigenvalue weighted by Gasteiger charge is -2.26. The number of carbonyl (C=O) groups is 2.